The van der Waals surface area contributed by atoms with Crippen LogP contribution in [0.25, 0.3) is 0 Å². The van der Waals surface area contributed by atoms with Gasteiger partial charge in [-0.3, -0.25) is 14.4 Å². The predicted octanol–water partition coefficient (Wildman–Crippen LogP) is 3.21. The van der Waals surface area contributed by atoms with E-state index in [1.54, 1.807) is 12.1 Å². The minimum Gasteiger partial charge on any atom is -0.294 e. The molecule has 2 aromatic rings. The van der Waals surface area contributed by atoms with Crippen molar-refractivity contribution < 1.29 is 14.4 Å². The van der Waals surface area contributed by atoms with Crippen molar-refractivity contribution in [3.05, 3.63) is 71.3 Å². The first kappa shape index (κ1) is 15.9. The summed E-state index contributed by atoms with van der Waals surface area (Å²) in [7, 11) is 0. The zero-order chi connectivity index (χ0) is 15.8. The van der Waals surface area contributed by atoms with E-state index >= 15 is 0 Å². The van der Waals surface area contributed by atoms with Gasteiger partial charge in [0, 0.05) is 18.4 Å². The Morgan fingerprint density at radius 3 is 2.32 bits per heavy atom. The number of hydroxylamine groups is 1. The number of benzene rings is 2. The molecule has 0 unspecified atom stereocenters. The van der Waals surface area contributed by atoms with Crippen LogP contribution >= 0.6 is 0 Å². The number of rotatable bonds is 7. The van der Waals surface area contributed by atoms with Gasteiger partial charge in [0.1, 0.15) is 0 Å². The summed E-state index contributed by atoms with van der Waals surface area (Å²) in [5.74, 6) is -0.338. The Hall–Kier alpha value is -2.46. The second-order valence-electron chi connectivity index (χ2n) is 5.09. The number of aryl methyl sites for hydroxylation is 1. The monoisotopic (exact) mass is 297 g/mol. The zero-order valence-corrected chi connectivity index (χ0v) is 12.5. The third-order valence-corrected chi connectivity index (χ3v) is 3.22. The average Bonchev–Trinajstić information content (AvgIpc) is 2.54. The molecular weight excluding hydrogens is 278 g/mol. The van der Waals surface area contributed by atoms with Gasteiger partial charge in [-0.25, -0.2) is 5.48 Å². The highest BCUT2D eigenvalue weighted by Gasteiger charge is 2.09. The highest BCUT2D eigenvalue weighted by atomic mass is 16.6. The summed E-state index contributed by atoms with van der Waals surface area (Å²) in [6.45, 7) is 2.27. The van der Waals surface area contributed by atoms with Crippen LogP contribution in [-0.2, 0) is 16.2 Å². The van der Waals surface area contributed by atoms with Gasteiger partial charge in [0.2, 0.25) is 5.91 Å². The lowest BCUT2D eigenvalue weighted by atomic mass is 10.1. The fourth-order valence-electron chi connectivity index (χ4n) is 1.94. The van der Waals surface area contributed by atoms with Crippen molar-refractivity contribution in [1.29, 1.82) is 0 Å². The molecule has 4 heteroatoms. The number of carbonyl (C=O) groups excluding carboxylic acids is 2. The van der Waals surface area contributed by atoms with Gasteiger partial charge >= 0.3 is 0 Å². The third kappa shape index (κ3) is 5.14. The van der Waals surface area contributed by atoms with Crippen molar-refractivity contribution in [3.63, 3.8) is 0 Å². The predicted molar refractivity (Wildman–Crippen MR) is 84.1 cm³/mol. The van der Waals surface area contributed by atoms with Crippen LogP contribution in [0.1, 0.15) is 34.3 Å². The normalized spacial score (nSPS) is 10.2. The van der Waals surface area contributed by atoms with E-state index in [1.807, 2.05) is 49.4 Å². The van der Waals surface area contributed by atoms with Crippen molar-refractivity contribution in [2.45, 2.75) is 26.4 Å². The molecule has 22 heavy (non-hydrogen) atoms. The van der Waals surface area contributed by atoms with Crippen molar-refractivity contribution in [1.82, 2.24) is 5.48 Å². The summed E-state index contributed by atoms with van der Waals surface area (Å²) in [5, 5.41) is 0. The van der Waals surface area contributed by atoms with Gasteiger partial charge in [0.25, 0.3) is 0 Å². The molecular formula is C18H19NO3. The molecule has 0 bridgehead atoms. The second-order valence-corrected chi connectivity index (χ2v) is 5.09. The van der Waals surface area contributed by atoms with Crippen molar-refractivity contribution in [2.24, 2.45) is 0 Å². The molecule has 0 radical (unpaired) electrons. The Bertz CT molecular complexity index is 621. The standard InChI is InChI=1S/C18H19NO3/c1-14-7-9-16(10-8-14)17(20)11-12-18(21)19-22-13-15-5-3-2-4-6-15/h2-10H,11-13H2,1H3,(H,19,21). The van der Waals surface area contributed by atoms with Crippen molar-refractivity contribution in [2.75, 3.05) is 0 Å². The maximum Gasteiger partial charge on any atom is 0.243 e. The first-order chi connectivity index (χ1) is 10.6. The smallest absolute Gasteiger partial charge is 0.243 e. The molecule has 0 aromatic heterocycles. The minimum absolute atomic E-state index is 0.0433. The Labute approximate surface area is 130 Å². The molecule has 2 rings (SSSR count). The van der Waals surface area contributed by atoms with Gasteiger partial charge in [0.05, 0.1) is 6.61 Å². The van der Waals surface area contributed by atoms with Crippen LogP contribution in [0.3, 0.4) is 0 Å². The third-order valence-electron chi connectivity index (χ3n) is 3.22. The number of hydrogen-bond acceptors (Lipinski definition) is 3. The second kappa shape index (κ2) is 8.10. The summed E-state index contributed by atoms with van der Waals surface area (Å²) in [4.78, 5) is 28.7. The number of ketones is 1. The molecule has 0 saturated heterocycles. The molecule has 0 heterocycles. The topological polar surface area (TPSA) is 55.4 Å². The summed E-state index contributed by atoms with van der Waals surface area (Å²) in [5.41, 5.74) is 5.06. The summed E-state index contributed by atoms with van der Waals surface area (Å²) >= 11 is 0. The molecule has 0 saturated carbocycles. The number of Topliss-reactive ketones (excluding diaryl/α,β-unsaturated/α-hetero) is 1. The molecule has 1 amide bonds. The van der Waals surface area contributed by atoms with Crippen molar-refractivity contribution >= 4 is 11.7 Å². The highest BCUT2D eigenvalue weighted by molar-refractivity contribution is 5.97. The van der Waals surface area contributed by atoms with Gasteiger partial charge < -0.3 is 0 Å². The zero-order valence-electron chi connectivity index (χ0n) is 12.5. The molecule has 0 aliphatic rings. The minimum atomic E-state index is -0.295. The van der Waals surface area contributed by atoms with Crippen LogP contribution in [0.15, 0.2) is 54.6 Å². The van der Waals surface area contributed by atoms with Crippen LogP contribution < -0.4 is 5.48 Å². The lowest BCUT2D eigenvalue weighted by Crippen LogP contribution is -2.24. The van der Waals surface area contributed by atoms with Gasteiger partial charge in [-0.1, -0.05) is 60.2 Å². The molecule has 2 aromatic carbocycles. The lowest BCUT2D eigenvalue weighted by molar-refractivity contribution is -0.134. The van der Waals surface area contributed by atoms with Crippen LogP contribution in [0, 0.1) is 6.92 Å². The van der Waals surface area contributed by atoms with Crippen LogP contribution in [0.4, 0.5) is 0 Å². The Morgan fingerprint density at radius 2 is 1.64 bits per heavy atom. The maximum absolute atomic E-state index is 11.9. The fraction of sp³-hybridized carbons (Fsp3) is 0.222. The molecule has 1 N–H and O–H groups in total. The maximum atomic E-state index is 11.9. The molecule has 114 valence electrons. The van der Waals surface area contributed by atoms with E-state index in [0.717, 1.165) is 11.1 Å². The molecule has 0 fully saturated rings. The first-order valence-electron chi connectivity index (χ1n) is 7.19. The number of carbonyl (C=O) groups is 2. The molecule has 0 aliphatic heterocycles. The van der Waals surface area contributed by atoms with Crippen molar-refractivity contribution in [3.8, 4) is 0 Å². The molecule has 0 aliphatic carbocycles. The van der Waals surface area contributed by atoms with E-state index in [9.17, 15) is 9.59 Å². The largest absolute Gasteiger partial charge is 0.294 e. The van der Waals surface area contributed by atoms with Gasteiger partial charge in [-0.15, -0.1) is 0 Å². The van der Waals surface area contributed by atoms with Gasteiger partial charge in [0.15, 0.2) is 5.78 Å². The van der Waals surface area contributed by atoms with E-state index in [0.29, 0.717) is 12.2 Å². The Kier molecular flexibility index (Phi) is 5.86. The van der Waals surface area contributed by atoms with E-state index in [1.165, 1.54) is 0 Å². The Balaban J connectivity index is 1.69. The van der Waals surface area contributed by atoms with Gasteiger partial charge in [-0.05, 0) is 12.5 Å². The van der Waals surface area contributed by atoms with Gasteiger partial charge in [-0.2, -0.15) is 0 Å². The summed E-state index contributed by atoms with van der Waals surface area (Å²) < 4.78 is 0. The quantitative estimate of drug-likeness (QED) is 0.630. The first-order valence-corrected chi connectivity index (χ1v) is 7.19. The average molecular weight is 297 g/mol. The lowest BCUT2D eigenvalue weighted by Gasteiger charge is -2.06. The molecule has 0 atom stereocenters. The number of amides is 1. The van der Waals surface area contributed by atoms with Crippen LogP contribution in [0.2, 0.25) is 0 Å². The van der Waals surface area contributed by atoms with Crippen LogP contribution in [-0.4, -0.2) is 11.7 Å². The summed E-state index contributed by atoms with van der Waals surface area (Å²) in [6.07, 6.45) is 0.283. The van der Waals surface area contributed by atoms with E-state index < -0.39 is 0 Å². The molecule has 4 nitrogen and oxygen atoms in total. The number of hydrogen-bond donors (Lipinski definition) is 1. The van der Waals surface area contributed by atoms with E-state index in [2.05, 4.69) is 5.48 Å². The summed E-state index contributed by atoms with van der Waals surface area (Å²) in [6, 6.07) is 16.9. The van der Waals surface area contributed by atoms with Crippen LogP contribution in [0.5, 0.6) is 0 Å². The highest BCUT2D eigenvalue weighted by Crippen LogP contribution is 2.07. The van der Waals surface area contributed by atoms with E-state index in [4.69, 9.17) is 4.84 Å². The fourth-order valence-corrected chi connectivity index (χ4v) is 1.94. The number of nitrogens with one attached hydrogen (secondary N) is 1. The van der Waals surface area contributed by atoms with E-state index in [-0.39, 0.29) is 24.5 Å². The molecule has 0 spiro atoms. The Morgan fingerprint density at radius 1 is 0.955 bits per heavy atom. The SMILES string of the molecule is Cc1ccc(C(=O)CCC(=O)NOCc2ccccc2)cc1.